The van der Waals surface area contributed by atoms with Gasteiger partial charge >= 0.3 is 0 Å². The molecule has 0 saturated carbocycles. The third-order valence-electron chi connectivity index (χ3n) is 4.15. The molecule has 1 aromatic carbocycles. The number of aryl methyl sites for hydroxylation is 1. The van der Waals surface area contributed by atoms with E-state index in [9.17, 15) is 4.79 Å². The number of hydrogen-bond donors (Lipinski definition) is 1. The van der Waals surface area contributed by atoms with Crippen LogP contribution in [0.25, 0.3) is 11.0 Å². The molecule has 23 heavy (non-hydrogen) atoms. The molecule has 0 radical (unpaired) electrons. The predicted molar refractivity (Wildman–Crippen MR) is 87.0 cm³/mol. The zero-order chi connectivity index (χ0) is 15.8. The van der Waals surface area contributed by atoms with Gasteiger partial charge in [-0.25, -0.2) is 9.97 Å². The van der Waals surface area contributed by atoms with E-state index in [1.165, 1.54) is 0 Å². The third-order valence-corrected chi connectivity index (χ3v) is 4.15. The number of fused-ring (bicyclic) bond motifs is 2. The van der Waals surface area contributed by atoms with E-state index in [-0.39, 0.29) is 5.56 Å². The van der Waals surface area contributed by atoms with Gasteiger partial charge in [0.15, 0.2) is 0 Å². The molecule has 0 unspecified atom stereocenters. The van der Waals surface area contributed by atoms with Crippen molar-refractivity contribution in [2.75, 3.05) is 6.54 Å². The van der Waals surface area contributed by atoms with Crippen molar-refractivity contribution < 1.29 is 0 Å². The zero-order valence-electron chi connectivity index (χ0n) is 12.9. The van der Waals surface area contributed by atoms with Crippen molar-refractivity contribution in [3.05, 3.63) is 63.6 Å². The van der Waals surface area contributed by atoms with Gasteiger partial charge in [-0.15, -0.1) is 0 Å². The Hall–Kier alpha value is -2.60. The molecule has 0 atom stereocenters. The molecule has 6 heteroatoms. The van der Waals surface area contributed by atoms with Gasteiger partial charge in [-0.3, -0.25) is 14.7 Å². The van der Waals surface area contributed by atoms with Crippen LogP contribution in [0.2, 0.25) is 0 Å². The van der Waals surface area contributed by atoms with Crippen molar-refractivity contribution in [3.63, 3.8) is 0 Å². The number of aromatic nitrogens is 4. The Bertz CT molecular complexity index is 934. The number of rotatable bonds is 2. The maximum atomic E-state index is 12.1. The molecule has 0 spiro atoms. The van der Waals surface area contributed by atoms with Crippen LogP contribution in [0, 0.1) is 6.92 Å². The molecule has 3 heterocycles. The SMILES string of the molecule is Cc1nc2c(c(=O)[nH]1)CN(Cc1cnc3ccccc3n1)CC2. The largest absolute Gasteiger partial charge is 0.310 e. The van der Waals surface area contributed by atoms with E-state index in [1.807, 2.05) is 37.4 Å². The van der Waals surface area contributed by atoms with Crippen LogP contribution in [0.4, 0.5) is 0 Å². The van der Waals surface area contributed by atoms with Crippen molar-refractivity contribution in [3.8, 4) is 0 Å². The number of benzene rings is 1. The highest BCUT2D eigenvalue weighted by Crippen LogP contribution is 2.16. The fourth-order valence-corrected chi connectivity index (χ4v) is 3.04. The second-order valence-corrected chi connectivity index (χ2v) is 5.89. The highest BCUT2D eigenvalue weighted by molar-refractivity contribution is 5.73. The molecule has 1 N–H and O–H groups in total. The Morgan fingerprint density at radius 1 is 1.22 bits per heavy atom. The molecule has 6 nitrogen and oxygen atoms in total. The Labute approximate surface area is 133 Å². The van der Waals surface area contributed by atoms with Crippen LogP contribution in [0.1, 0.15) is 22.8 Å². The number of nitrogens with one attached hydrogen (secondary N) is 1. The highest BCUT2D eigenvalue weighted by Gasteiger charge is 2.21. The molecule has 3 aromatic rings. The van der Waals surface area contributed by atoms with Crippen LogP contribution in [0.3, 0.4) is 0 Å². The van der Waals surface area contributed by atoms with Crippen molar-refractivity contribution in [1.82, 2.24) is 24.8 Å². The van der Waals surface area contributed by atoms with Crippen molar-refractivity contribution >= 4 is 11.0 Å². The van der Waals surface area contributed by atoms with Gasteiger partial charge in [-0.05, 0) is 19.1 Å². The smallest absolute Gasteiger partial charge is 0.255 e. The number of aromatic amines is 1. The van der Waals surface area contributed by atoms with E-state index < -0.39 is 0 Å². The molecule has 0 saturated heterocycles. The van der Waals surface area contributed by atoms with E-state index in [1.54, 1.807) is 0 Å². The maximum absolute atomic E-state index is 12.1. The first-order valence-electron chi connectivity index (χ1n) is 7.71. The molecule has 116 valence electrons. The minimum atomic E-state index is -0.0261. The second kappa shape index (κ2) is 5.55. The Kier molecular flexibility index (Phi) is 3.38. The predicted octanol–water partition coefficient (Wildman–Crippen LogP) is 1.58. The first-order chi connectivity index (χ1) is 11.2. The number of hydrogen-bond acceptors (Lipinski definition) is 5. The summed E-state index contributed by atoms with van der Waals surface area (Å²) in [5.41, 5.74) is 4.39. The van der Waals surface area contributed by atoms with Crippen molar-refractivity contribution in [2.45, 2.75) is 26.4 Å². The minimum Gasteiger partial charge on any atom is -0.310 e. The van der Waals surface area contributed by atoms with E-state index >= 15 is 0 Å². The summed E-state index contributed by atoms with van der Waals surface area (Å²) in [7, 11) is 0. The summed E-state index contributed by atoms with van der Waals surface area (Å²) in [6.45, 7) is 3.98. The van der Waals surface area contributed by atoms with Gasteiger partial charge in [0, 0.05) is 26.1 Å². The second-order valence-electron chi connectivity index (χ2n) is 5.89. The fourth-order valence-electron chi connectivity index (χ4n) is 3.04. The highest BCUT2D eigenvalue weighted by atomic mass is 16.1. The lowest BCUT2D eigenvalue weighted by atomic mass is 10.1. The summed E-state index contributed by atoms with van der Waals surface area (Å²) >= 11 is 0. The summed E-state index contributed by atoms with van der Waals surface area (Å²) in [4.78, 5) is 30.7. The Morgan fingerprint density at radius 3 is 2.91 bits per heavy atom. The quantitative estimate of drug-likeness (QED) is 0.778. The lowest BCUT2D eigenvalue weighted by Gasteiger charge is -2.27. The zero-order valence-corrected chi connectivity index (χ0v) is 12.9. The third kappa shape index (κ3) is 2.73. The van der Waals surface area contributed by atoms with E-state index in [4.69, 9.17) is 0 Å². The normalized spacial score (nSPS) is 14.8. The summed E-state index contributed by atoms with van der Waals surface area (Å²) in [5.74, 6) is 0.683. The van der Waals surface area contributed by atoms with Gasteiger partial charge in [-0.2, -0.15) is 0 Å². The van der Waals surface area contributed by atoms with Gasteiger partial charge < -0.3 is 4.98 Å². The molecular weight excluding hydrogens is 290 g/mol. The molecule has 0 aliphatic carbocycles. The Morgan fingerprint density at radius 2 is 2.04 bits per heavy atom. The van der Waals surface area contributed by atoms with Gasteiger partial charge in [0.1, 0.15) is 5.82 Å². The summed E-state index contributed by atoms with van der Waals surface area (Å²) in [6, 6.07) is 7.84. The summed E-state index contributed by atoms with van der Waals surface area (Å²) in [5, 5.41) is 0. The van der Waals surface area contributed by atoms with Crippen molar-refractivity contribution in [1.29, 1.82) is 0 Å². The molecule has 0 bridgehead atoms. The van der Waals surface area contributed by atoms with E-state index in [0.29, 0.717) is 18.9 Å². The molecule has 2 aromatic heterocycles. The van der Waals surface area contributed by atoms with Crippen molar-refractivity contribution in [2.24, 2.45) is 0 Å². The van der Waals surface area contributed by atoms with Crippen LogP contribution in [-0.4, -0.2) is 31.4 Å². The van der Waals surface area contributed by atoms with E-state index in [0.717, 1.165) is 41.0 Å². The molecule has 1 aliphatic heterocycles. The summed E-state index contributed by atoms with van der Waals surface area (Å²) in [6.07, 6.45) is 2.61. The minimum absolute atomic E-state index is 0.0261. The number of para-hydroxylation sites is 2. The first kappa shape index (κ1) is 14.0. The molecule has 1 aliphatic rings. The van der Waals surface area contributed by atoms with Crippen LogP contribution < -0.4 is 5.56 Å². The van der Waals surface area contributed by atoms with E-state index in [2.05, 4.69) is 24.8 Å². The van der Waals surface area contributed by atoms with Crippen LogP contribution in [0.5, 0.6) is 0 Å². The number of nitrogens with zero attached hydrogens (tertiary/aromatic N) is 4. The number of H-pyrrole nitrogens is 1. The van der Waals surface area contributed by atoms with Gasteiger partial charge in [0.2, 0.25) is 0 Å². The average Bonchev–Trinajstić information content (AvgIpc) is 2.55. The molecule has 4 rings (SSSR count). The van der Waals surface area contributed by atoms with Gasteiger partial charge in [0.05, 0.1) is 34.2 Å². The average molecular weight is 307 g/mol. The molecular formula is C17H17N5O. The lowest BCUT2D eigenvalue weighted by Crippen LogP contribution is -2.35. The van der Waals surface area contributed by atoms with Crippen LogP contribution in [0.15, 0.2) is 35.3 Å². The molecule has 0 amide bonds. The fraction of sp³-hybridized carbons (Fsp3) is 0.294. The topological polar surface area (TPSA) is 74.8 Å². The van der Waals surface area contributed by atoms with Crippen LogP contribution >= 0.6 is 0 Å². The lowest BCUT2D eigenvalue weighted by molar-refractivity contribution is 0.238. The summed E-state index contributed by atoms with van der Waals surface area (Å²) < 4.78 is 0. The van der Waals surface area contributed by atoms with Crippen LogP contribution in [-0.2, 0) is 19.5 Å². The Balaban J connectivity index is 1.58. The van der Waals surface area contributed by atoms with Gasteiger partial charge in [0.25, 0.3) is 5.56 Å². The first-order valence-corrected chi connectivity index (χ1v) is 7.71. The maximum Gasteiger partial charge on any atom is 0.255 e. The standard InChI is InChI=1S/C17H17N5O/c1-11-19-14-6-7-22(10-13(14)17(23)20-11)9-12-8-18-15-4-2-3-5-16(15)21-12/h2-5,8H,6-7,9-10H2,1H3,(H,19,20,23). The molecule has 0 fully saturated rings. The monoisotopic (exact) mass is 307 g/mol. The van der Waals surface area contributed by atoms with Gasteiger partial charge in [-0.1, -0.05) is 12.1 Å².